The second kappa shape index (κ2) is 6.80. The van der Waals surface area contributed by atoms with Crippen LogP contribution in [-0.2, 0) is 20.9 Å². The molecule has 0 aliphatic heterocycles. The van der Waals surface area contributed by atoms with Crippen molar-refractivity contribution in [3.63, 3.8) is 0 Å². The standard InChI is InChI=1S/C13H16O3/c1-11(8-9-13(14)15-2)16-10-12-6-4-3-5-7-12/h3-9,11H,10H2,1-2H3/b9-8+. The maximum atomic E-state index is 10.8. The fourth-order valence-corrected chi connectivity index (χ4v) is 1.14. The molecule has 0 bridgehead atoms. The SMILES string of the molecule is COC(=O)/C=C/C(C)OCc1ccccc1. The Morgan fingerprint density at radius 2 is 2.06 bits per heavy atom. The molecule has 3 nitrogen and oxygen atoms in total. The summed E-state index contributed by atoms with van der Waals surface area (Å²) in [7, 11) is 1.35. The van der Waals surface area contributed by atoms with Crippen LogP contribution >= 0.6 is 0 Å². The van der Waals surface area contributed by atoms with Gasteiger partial charge in [-0.25, -0.2) is 4.79 Å². The Bertz CT molecular complexity index is 343. The number of carbonyl (C=O) groups is 1. The van der Waals surface area contributed by atoms with E-state index in [4.69, 9.17) is 4.74 Å². The van der Waals surface area contributed by atoms with Gasteiger partial charge in [0, 0.05) is 6.08 Å². The molecule has 1 atom stereocenters. The number of benzene rings is 1. The highest BCUT2D eigenvalue weighted by Gasteiger charge is 1.99. The monoisotopic (exact) mass is 220 g/mol. The average molecular weight is 220 g/mol. The van der Waals surface area contributed by atoms with E-state index in [1.54, 1.807) is 6.08 Å². The van der Waals surface area contributed by atoms with Gasteiger partial charge in [0.1, 0.15) is 0 Å². The fraction of sp³-hybridized carbons (Fsp3) is 0.308. The maximum Gasteiger partial charge on any atom is 0.330 e. The second-order valence-corrected chi connectivity index (χ2v) is 3.38. The molecular weight excluding hydrogens is 204 g/mol. The summed E-state index contributed by atoms with van der Waals surface area (Å²) < 4.78 is 10.0. The molecule has 3 heteroatoms. The highest BCUT2D eigenvalue weighted by molar-refractivity contribution is 5.81. The summed E-state index contributed by atoms with van der Waals surface area (Å²) in [5, 5.41) is 0. The third-order valence-corrected chi connectivity index (χ3v) is 2.06. The van der Waals surface area contributed by atoms with E-state index in [-0.39, 0.29) is 12.1 Å². The Labute approximate surface area is 95.7 Å². The van der Waals surface area contributed by atoms with E-state index in [0.717, 1.165) is 5.56 Å². The van der Waals surface area contributed by atoms with E-state index in [9.17, 15) is 4.79 Å². The van der Waals surface area contributed by atoms with Crippen molar-refractivity contribution in [2.75, 3.05) is 7.11 Å². The van der Waals surface area contributed by atoms with Gasteiger partial charge in [-0.05, 0) is 18.6 Å². The Morgan fingerprint density at radius 1 is 1.38 bits per heavy atom. The van der Waals surface area contributed by atoms with Crippen molar-refractivity contribution >= 4 is 5.97 Å². The quantitative estimate of drug-likeness (QED) is 0.564. The molecule has 1 unspecified atom stereocenters. The molecule has 0 heterocycles. The number of esters is 1. The van der Waals surface area contributed by atoms with Crippen LogP contribution in [0.3, 0.4) is 0 Å². The van der Waals surface area contributed by atoms with Gasteiger partial charge in [-0.3, -0.25) is 0 Å². The van der Waals surface area contributed by atoms with Crippen LogP contribution in [0.1, 0.15) is 12.5 Å². The summed E-state index contributed by atoms with van der Waals surface area (Å²) in [5.74, 6) is -0.366. The second-order valence-electron chi connectivity index (χ2n) is 3.38. The summed E-state index contributed by atoms with van der Waals surface area (Å²) in [4.78, 5) is 10.8. The van der Waals surface area contributed by atoms with Crippen LogP contribution < -0.4 is 0 Å². The Kier molecular flexibility index (Phi) is 5.29. The molecule has 86 valence electrons. The molecule has 0 fully saturated rings. The van der Waals surface area contributed by atoms with Crippen LogP contribution in [-0.4, -0.2) is 19.2 Å². The highest BCUT2D eigenvalue weighted by Crippen LogP contribution is 2.03. The Morgan fingerprint density at radius 3 is 2.69 bits per heavy atom. The van der Waals surface area contributed by atoms with Crippen LogP contribution in [0.25, 0.3) is 0 Å². The normalized spacial score (nSPS) is 12.6. The van der Waals surface area contributed by atoms with E-state index in [0.29, 0.717) is 6.61 Å². The van der Waals surface area contributed by atoms with Crippen LogP contribution in [0, 0.1) is 0 Å². The zero-order valence-electron chi connectivity index (χ0n) is 9.55. The first kappa shape index (κ1) is 12.5. The summed E-state index contributed by atoms with van der Waals surface area (Å²) in [5.41, 5.74) is 1.11. The first-order valence-electron chi connectivity index (χ1n) is 5.14. The minimum absolute atomic E-state index is 0.112. The lowest BCUT2D eigenvalue weighted by Crippen LogP contribution is -2.06. The van der Waals surface area contributed by atoms with Crippen LogP contribution in [0.15, 0.2) is 42.5 Å². The molecule has 0 spiro atoms. The smallest absolute Gasteiger partial charge is 0.330 e. The molecule has 1 aromatic carbocycles. The third kappa shape index (κ3) is 4.75. The van der Waals surface area contributed by atoms with Crippen LogP contribution in [0.4, 0.5) is 0 Å². The summed E-state index contributed by atoms with van der Waals surface area (Å²) in [6, 6.07) is 9.89. The molecule has 0 saturated heterocycles. The van der Waals surface area contributed by atoms with Gasteiger partial charge in [0.15, 0.2) is 0 Å². The molecule has 0 aliphatic rings. The molecule has 0 aliphatic carbocycles. The van der Waals surface area contributed by atoms with Crippen molar-refractivity contribution in [1.29, 1.82) is 0 Å². The van der Waals surface area contributed by atoms with Gasteiger partial charge in [-0.15, -0.1) is 0 Å². The Hall–Kier alpha value is -1.61. The number of hydrogen-bond acceptors (Lipinski definition) is 3. The zero-order valence-corrected chi connectivity index (χ0v) is 9.55. The number of methoxy groups -OCH3 is 1. The van der Waals surface area contributed by atoms with E-state index < -0.39 is 0 Å². The van der Waals surface area contributed by atoms with Crippen molar-refractivity contribution in [3.8, 4) is 0 Å². The van der Waals surface area contributed by atoms with Gasteiger partial charge in [-0.1, -0.05) is 30.3 Å². The number of rotatable bonds is 5. The molecular formula is C13H16O3. The predicted octanol–water partition coefficient (Wildman–Crippen LogP) is 2.32. The van der Waals surface area contributed by atoms with Crippen LogP contribution in [0.2, 0.25) is 0 Å². The van der Waals surface area contributed by atoms with Crippen LogP contribution in [0.5, 0.6) is 0 Å². The predicted molar refractivity (Wildman–Crippen MR) is 61.8 cm³/mol. The first-order valence-corrected chi connectivity index (χ1v) is 5.14. The van der Waals surface area contributed by atoms with E-state index in [1.165, 1.54) is 13.2 Å². The minimum atomic E-state index is -0.366. The molecule has 1 aromatic rings. The van der Waals surface area contributed by atoms with Gasteiger partial charge < -0.3 is 9.47 Å². The van der Waals surface area contributed by atoms with Crippen molar-refractivity contribution < 1.29 is 14.3 Å². The number of carbonyl (C=O) groups excluding carboxylic acids is 1. The van der Waals surface area contributed by atoms with E-state index >= 15 is 0 Å². The molecule has 0 aromatic heterocycles. The van der Waals surface area contributed by atoms with Crippen molar-refractivity contribution in [2.45, 2.75) is 19.6 Å². The molecule has 0 amide bonds. The largest absolute Gasteiger partial charge is 0.466 e. The summed E-state index contributed by atoms with van der Waals surface area (Å²) in [6.45, 7) is 2.41. The number of hydrogen-bond donors (Lipinski definition) is 0. The zero-order chi connectivity index (χ0) is 11.8. The van der Waals surface area contributed by atoms with Gasteiger partial charge in [0.25, 0.3) is 0 Å². The lowest BCUT2D eigenvalue weighted by molar-refractivity contribution is -0.134. The van der Waals surface area contributed by atoms with Gasteiger partial charge in [0.2, 0.25) is 0 Å². The minimum Gasteiger partial charge on any atom is -0.466 e. The molecule has 0 N–H and O–H groups in total. The average Bonchev–Trinajstić information content (AvgIpc) is 2.34. The first-order chi connectivity index (χ1) is 7.72. The molecule has 0 radical (unpaired) electrons. The summed E-state index contributed by atoms with van der Waals surface area (Å²) >= 11 is 0. The highest BCUT2D eigenvalue weighted by atomic mass is 16.5. The van der Waals surface area contributed by atoms with Crippen molar-refractivity contribution in [1.82, 2.24) is 0 Å². The lowest BCUT2D eigenvalue weighted by atomic mass is 10.2. The molecule has 16 heavy (non-hydrogen) atoms. The van der Waals surface area contributed by atoms with Crippen molar-refractivity contribution in [3.05, 3.63) is 48.0 Å². The van der Waals surface area contributed by atoms with Crippen molar-refractivity contribution in [2.24, 2.45) is 0 Å². The Balaban J connectivity index is 2.33. The fourth-order valence-electron chi connectivity index (χ4n) is 1.14. The maximum absolute atomic E-state index is 10.8. The third-order valence-electron chi connectivity index (χ3n) is 2.06. The van der Waals surface area contributed by atoms with E-state index in [1.807, 2.05) is 37.3 Å². The van der Waals surface area contributed by atoms with E-state index in [2.05, 4.69) is 4.74 Å². The molecule has 1 rings (SSSR count). The number of ether oxygens (including phenoxy) is 2. The van der Waals surface area contributed by atoms with Gasteiger partial charge in [0.05, 0.1) is 19.8 Å². The summed E-state index contributed by atoms with van der Waals surface area (Å²) in [6.07, 6.45) is 2.93. The topological polar surface area (TPSA) is 35.5 Å². The molecule has 0 saturated carbocycles. The lowest BCUT2D eigenvalue weighted by Gasteiger charge is -2.08. The van der Waals surface area contributed by atoms with Gasteiger partial charge in [-0.2, -0.15) is 0 Å². The van der Waals surface area contributed by atoms with Gasteiger partial charge >= 0.3 is 5.97 Å².